The van der Waals surface area contributed by atoms with Gasteiger partial charge < -0.3 is 9.73 Å². The van der Waals surface area contributed by atoms with E-state index in [0.717, 1.165) is 5.69 Å². The molecule has 0 amide bonds. The SMILES string of the molecule is O=[N+]([O-])c1ccc(/C=N\NC(=S)Nc2ccccc2)o1. The van der Waals surface area contributed by atoms with Gasteiger partial charge in [-0.15, -0.1) is 0 Å². The van der Waals surface area contributed by atoms with Gasteiger partial charge in [0.15, 0.2) is 10.9 Å². The Kier molecular flexibility index (Phi) is 4.40. The van der Waals surface area contributed by atoms with Crippen LogP contribution in [-0.2, 0) is 0 Å². The van der Waals surface area contributed by atoms with E-state index >= 15 is 0 Å². The Labute approximate surface area is 119 Å². The summed E-state index contributed by atoms with van der Waals surface area (Å²) in [5.74, 6) is -0.0804. The van der Waals surface area contributed by atoms with Crippen LogP contribution in [0.3, 0.4) is 0 Å². The van der Waals surface area contributed by atoms with E-state index in [2.05, 4.69) is 15.8 Å². The van der Waals surface area contributed by atoms with Crippen molar-refractivity contribution in [3.63, 3.8) is 0 Å². The van der Waals surface area contributed by atoms with E-state index < -0.39 is 4.92 Å². The molecule has 0 aliphatic rings. The summed E-state index contributed by atoms with van der Waals surface area (Å²) in [6.45, 7) is 0. The highest BCUT2D eigenvalue weighted by molar-refractivity contribution is 7.80. The van der Waals surface area contributed by atoms with Crippen molar-refractivity contribution in [3.05, 3.63) is 58.3 Å². The van der Waals surface area contributed by atoms with Crippen LogP contribution in [0.2, 0.25) is 0 Å². The quantitative estimate of drug-likeness (QED) is 0.389. The molecule has 0 spiro atoms. The number of benzene rings is 1. The molecule has 0 saturated carbocycles. The first kappa shape index (κ1) is 13.7. The topological polar surface area (TPSA) is 92.7 Å². The minimum atomic E-state index is -0.619. The number of nitrogens with zero attached hydrogens (tertiary/aromatic N) is 2. The summed E-state index contributed by atoms with van der Waals surface area (Å²) >= 11 is 5.02. The van der Waals surface area contributed by atoms with Gasteiger partial charge in [0.2, 0.25) is 0 Å². The minimum Gasteiger partial charge on any atom is -0.400 e. The standard InChI is InChI=1S/C12H10N4O3S/c17-16(18)11-7-6-10(19-11)8-13-15-12(20)14-9-4-2-1-3-5-9/h1-8H,(H2,14,15,20)/b13-8-. The molecule has 0 aliphatic carbocycles. The summed E-state index contributed by atoms with van der Waals surface area (Å²) in [5, 5.41) is 17.5. The Balaban J connectivity index is 1.86. The van der Waals surface area contributed by atoms with Crippen molar-refractivity contribution >= 4 is 35.1 Å². The van der Waals surface area contributed by atoms with Crippen molar-refractivity contribution < 1.29 is 9.34 Å². The third-order valence-corrected chi connectivity index (χ3v) is 2.38. The summed E-state index contributed by atoms with van der Waals surface area (Å²) in [5.41, 5.74) is 3.41. The molecule has 0 atom stereocenters. The fraction of sp³-hybridized carbons (Fsp3) is 0. The van der Waals surface area contributed by atoms with Gasteiger partial charge in [0.1, 0.15) is 4.92 Å². The molecule has 2 rings (SSSR count). The van der Waals surface area contributed by atoms with E-state index in [1.807, 2.05) is 30.3 Å². The Morgan fingerprint density at radius 2 is 2.05 bits per heavy atom. The van der Waals surface area contributed by atoms with E-state index in [9.17, 15) is 10.1 Å². The number of anilines is 1. The molecule has 102 valence electrons. The fourth-order valence-electron chi connectivity index (χ4n) is 1.34. The van der Waals surface area contributed by atoms with E-state index in [1.165, 1.54) is 18.3 Å². The zero-order valence-corrected chi connectivity index (χ0v) is 11.0. The van der Waals surface area contributed by atoms with Gasteiger partial charge in [0.05, 0.1) is 12.3 Å². The highest BCUT2D eigenvalue weighted by Crippen LogP contribution is 2.13. The Morgan fingerprint density at radius 1 is 1.30 bits per heavy atom. The first-order valence-electron chi connectivity index (χ1n) is 5.54. The van der Waals surface area contributed by atoms with Gasteiger partial charge in [-0.3, -0.25) is 15.5 Å². The number of hydrogen-bond donors (Lipinski definition) is 2. The third-order valence-electron chi connectivity index (χ3n) is 2.18. The number of nitrogens with one attached hydrogen (secondary N) is 2. The van der Waals surface area contributed by atoms with Gasteiger partial charge in [-0.05, 0) is 30.4 Å². The molecule has 0 bridgehead atoms. The molecule has 7 nitrogen and oxygen atoms in total. The van der Waals surface area contributed by atoms with E-state index in [1.54, 1.807) is 0 Å². The van der Waals surface area contributed by atoms with Crippen LogP contribution in [0, 0.1) is 10.1 Å². The van der Waals surface area contributed by atoms with Crippen LogP contribution < -0.4 is 10.7 Å². The molecule has 0 fully saturated rings. The Morgan fingerprint density at radius 3 is 2.70 bits per heavy atom. The maximum atomic E-state index is 10.4. The predicted molar refractivity (Wildman–Crippen MR) is 78.8 cm³/mol. The molecule has 1 heterocycles. The Hall–Kier alpha value is -2.74. The lowest BCUT2D eigenvalue weighted by atomic mass is 10.3. The molecule has 8 heteroatoms. The minimum absolute atomic E-state index is 0.256. The van der Waals surface area contributed by atoms with Crippen LogP contribution in [0.5, 0.6) is 0 Å². The monoisotopic (exact) mass is 290 g/mol. The second kappa shape index (κ2) is 6.43. The van der Waals surface area contributed by atoms with Crippen LogP contribution >= 0.6 is 12.2 Å². The first-order chi connectivity index (χ1) is 9.65. The van der Waals surface area contributed by atoms with E-state index in [0.29, 0.717) is 5.11 Å². The summed E-state index contributed by atoms with van der Waals surface area (Å²) in [6, 6.07) is 12.0. The number of nitro groups is 1. The van der Waals surface area contributed by atoms with Crippen LogP contribution in [0.15, 0.2) is 52.0 Å². The van der Waals surface area contributed by atoms with Crippen LogP contribution in [0.4, 0.5) is 11.6 Å². The van der Waals surface area contributed by atoms with Gasteiger partial charge >= 0.3 is 5.88 Å². The molecule has 2 aromatic rings. The number of rotatable bonds is 4. The molecule has 0 saturated heterocycles. The highest BCUT2D eigenvalue weighted by Gasteiger charge is 2.10. The molecule has 2 N–H and O–H groups in total. The number of furan rings is 1. The average molecular weight is 290 g/mol. The lowest BCUT2D eigenvalue weighted by Gasteiger charge is -2.05. The normalized spacial score (nSPS) is 10.4. The van der Waals surface area contributed by atoms with Crippen molar-refractivity contribution in [3.8, 4) is 0 Å². The largest absolute Gasteiger partial charge is 0.433 e. The number of hydrazone groups is 1. The highest BCUT2D eigenvalue weighted by atomic mass is 32.1. The molecular weight excluding hydrogens is 280 g/mol. The number of para-hydroxylation sites is 1. The van der Waals surface area contributed by atoms with Gasteiger partial charge in [-0.25, -0.2) is 0 Å². The van der Waals surface area contributed by atoms with Crippen molar-refractivity contribution in [2.75, 3.05) is 5.32 Å². The Bertz CT molecular complexity index is 639. The van der Waals surface area contributed by atoms with Crippen molar-refractivity contribution in [2.24, 2.45) is 5.10 Å². The van der Waals surface area contributed by atoms with Crippen LogP contribution in [0.25, 0.3) is 0 Å². The molecule has 0 unspecified atom stereocenters. The zero-order chi connectivity index (χ0) is 14.4. The number of hydrogen-bond acceptors (Lipinski definition) is 5. The zero-order valence-electron chi connectivity index (χ0n) is 10.1. The van der Waals surface area contributed by atoms with Gasteiger partial charge in [-0.2, -0.15) is 5.10 Å². The lowest BCUT2D eigenvalue weighted by molar-refractivity contribution is -0.402. The lowest BCUT2D eigenvalue weighted by Crippen LogP contribution is -2.23. The first-order valence-corrected chi connectivity index (χ1v) is 5.95. The summed E-state index contributed by atoms with van der Waals surface area (Å²) < 4.78 is 4.89. The van der Waals surface area contributed by atoms with Crippen LogP contribution in [0.1, 0.15) is 5.76 Å². The smallest absolute Gasteiger partial charge is 0.400 e. The summed E-state index contributed by atoms with van der Waals surface area (Å²) in [6.07, 6.45) is 1.30. The molecule has 0 radical (unpaired) electrons. The van der Waals surface area contributed by atoms with Crippen molar-refractivity contribution in [1.29, 1.82) is 0 Å². The van der Waals surface area contributed by atoms with E-state index in [4.69, 9.17) is 16.6 Å². The maximum Gasteiger partial charge on any atom is 0.433 e. The summed E-state index contributed by atoms with van der Waals surface area (Å²) in [4.78, 5) is 9.80. The molecule has 1 aromatic carbocycles. The molecule has 1 aromatic heterocycles. The average Bonchev–Trinajstić information content (AvgIpc) is 2.89. The van der Waals surface area contributed by atoms with Gasteiger partial charge in [-0.1, -0.05) is 18.2 Å². The maximum absolute atomic E-state index is 10.4. The van der Waals surface area contributed by atoms with E-state index in [-0.39, 0.29) is 11.6 Å². The molecule has 20 heavy (non-hydrogen) atoms. The van der Waals surface area contributed by atoms with Crippen LogP contribution in [-0.4, -0.2) is 16.3 Å². The fourth-order valence-corrected chi connectivity index (χ4v) is 1.52. The van der Waals surface area contributed by atoms with Crippen molar-refractivity contribution in [1.82, 2.24) is 5.43 Å². The van der Waals surface area contributed by atoms with Gasteiger partial charge in [0, 0.05) is 5.69 Å². The third kappa shape index (κ3) is 3.89. The molecule has 0 aliphatic heterocycles. The van der Waals surface area contributed by atoms with Crippen molar-refractivity contribution in [2.45, 2.75) is 0 Å². The summed E-state index contributed by atoms with van der Waals surface area (Å²) in [7, 11) is 0. The second-order valence-electron chi connectivity index (χ2n) is 3.62. The van der Waals surface area contributed by atoms with Gasteiger partial charge in [0.25, 0.3) is 0 Å². The number of thiocarbonyl (C=S) groups is 1. The second-order valence-corrected chi connectivity index (χ2v) is 4.03. The molecular formula is C12H10N4O3S. The predicted octanol–water partition coefficient (Wildman–Crippen LogP) is 2.51.